The van der Waals surface area contributed by atoms with Gasteiger partial charge < -0.3 is 14.5 Å². The molecule has 0 saturated heterocycles. The third-order valence-electron chi connectivity index (χ3n) is 4.01. The number of aromatic nitrogens is 1. The SMILES string of the molecule is COc1cc(NCCc2coc(-c3ccc(C)cc3)n2)c([N+](=O)[O-])cc1F. The molecule has 0 fully saturated rings. The number of halogens is 1. The van der Waals surface area contributed by atoms with E-state index in [4.69, 9.17) is 9.15 Å². The van der Waals surface area contributed by atoms with Gasteiger partial charge >= 0.3 is 0 Å². The van der Waals surface area contributed by atoms with Crippen molar-refractivity contribution in [2.45, 2.75) is 13.3 Å². The van der Waals surface area contributed by atoms with Gasteiger partial charge in [0.1, 0.15) is 12.0 Å². The van der Waals surface area contributed by atoms with Gasteiger partial charge in [0.2, 0.25) is 5.89 Å². The van der Waals surface area contributed by atoms with Crippen molar-refractivity contribution in [2.24, 2.45) is 0 Å². The summed E-state index contributed by atoms with van der Waals surface area (Å²) >= 11 is 0. The maximum absolute atomic E-state index is 13.7. The Kier molecular flexibility index (Phi) is 5.35. The van der Waals surface area contributed by atoms with Crippen molar-refractivity contribution in [3.05, 3.63) is 69.9 Å². The fourth-order valence-corrected chi connectivity index (χ4v) is 2.57. The molecule has 0 bridgehead atoms. The molecule has 2 aromatic carbocycles. The molecule has 27 heavy (non-hydrogen) atoms. The average molecular weight is 371 g/mol. The van der Waals surface area contributed by atoms with Crippen LogP contribution in [-0.2, 0) is 6.42 Å². The second-order valence-electron chi connectivity index (χ2n) is 5.95. The third kappa shape index (κ3) is 4.22. The Labute approximate surface area is 155 Å². The molecular formula is C19H18FN3O4. The van der Waals surface area contributed by atoms with Crippen molar-refractivity contribution in [2.75, 3.05) is 19.0 Å². The van der Waals surface area contributed by atoms with E-state index in [1.54, 1.807) is 6.26 Å². The molecule has 0 radical (unpaired) electrons. The predicted octanol–water partition coefficient (Wildman–Crippen LogP) is 4.36. The van der Waals surface area contributed by atoms with Crippen LogP contribution in [0.25, 0.3) is 11.5 Å². The highest BCUT2D eigenvalue weighted by atomic mass is 19.1. The molecule has 0 aliphatic heterocycles. The maximum Gasteiger partial charge on any atom is 0.295 e. The zero-order valence-electron chi connectivity index (χ0n) is 14.9. The van der Waals surface area contributed by atoms with Crippen LogP contribution in [0.15, 0.2) is 47.1 Å². The number of nitrogens with one attached hydrogen (secondary N) is 1. The highest BCUT2D eigenvalue weighted by molar-refractivity contribution is 5.64. The molecule has 7 nitrogen and oxygen atoms in total. The van der Waals surface area contributed by atoms with Gasteiger partial charge in [-0.2, -0.15) is 0 Å². The normalized spacial score (nSPS) is 10.6. The average Bonchev–Trinajstić information content (AvgIpc) is 3.12. The molecular weight excluding hydrogens is 353 g/mol. The first-order valence-electron chi connectivity index (χ1n) is 8.25. The largest absolute Gasteiger partial charge is 0.494 e. The van der Waals surface area contributed by atoms with Gasteiger partial charge in [-0.3, -0.25) is 10.1 Å². The number of nitro groups is 1. The van der Waals surface area contributed by atoms with Crippen LogP contribution in [0.3, 0.4) is 0 Å². The number of anilines is 1. The molecule has 0 atom stereocenters. The van der Waals surface area contributed by atoms with Crippen LogP contribution in [0.5, 0.6) is 5.75 Å². The van der Waals surface area contributed by atoms with Crippen molar-refractivity contribution in [3.63, 3.8) is 0 Å². The van der Waals surface area contributed by atoms with E-state index in [1.165, 1.54) is 13.2 Å². The van der Waals surface area contributed by atoms with E-state index >= 15 is 0 Å². The van der Waals surface area contributed by atoms with Crippen LogP contribution in [0.4, 0.5) is 15.8 Å². The number of benzene rings is 2. The smallest absolute Gasteiger partial charge is 0.295 e. The van der Waals surface area contributed by atoms with Crippen LogP contribution < -0.4 is 10.1 Å². The molecule has 1 aromatic heterocycles. The Balaban J connectivity index is 1.68. The molecule has 8 heteroatoms. The minimum Gasteiger partial charge on any atom is -0.494 e. The fourth-order valence-electron chi connectivity index (χ4n) is 2.57. The summed E-state index contributed by atoms with van der Waals surface area (Å²) in [5.74, 6) is -0.334. The second-order valence-corrected chi connectivity index (χ2v) is 5.95. The van der Waals surface area contributed by atoms with Gasteiger partial charge in [-0.1, -0.05) is 17.7 Å². The molecule has 0 spiro atoms. The zero-order valence-corrected chi connectivity index (χ0v) is 14.9. The van der Waals surface area contributed by atoms with Crippen LogP contribution in [-0.4, -0.2) is 23.6 Å². The summed E-state index contributed by atoms with van der Waals surface area (Å²) in [4.78, 5) is 14.9. The van der Waals surface area contributed by atoms with E-state index in [-0.39, 0.29) is 17.1 Å². The lowest BCUT2D eigenvalue weighted by Crippen LogP contribution is -2.08. The Bertz CT molecular complexity index is 954. The van der Waals surface area contributed by atoms with Crippen molar-refractivity contribution >= 4 is 11.4 Å². The number of aryl methyl sites for hydroxylation is 1. The molecule has 3 rings (SSSR count). The van der Waals surface area contributed by atoms with Crippen molar-refractivity contribution in [3.8, 4) is 17.2 Å². The predicted molar refractivity (Wildman–Crippen MR) is 98.5 cm³/mol. The van der Waals surface area contributed by atoms with Gasteiger partial charge in [0, 0.05) is 24.6 Å². The number of nitrogens with zero attached hydrogens (tertiary/aromatic N) is 2. The molecule has 1 heterocycles. The quantitative estimate of drug-likeness (QED) is 0.490. The number of oxazole rings is 1. The van der Waals surface area contributed by atoms with E-state index < -0.39 is 10.7 Å². The fraction of sp³-hybridized carbons (Fsp3) is 0.211. The Morgan fingerprint density at radius 2 is 2.04 bits per heavy atom. The highest BCUT2D eigenvalue weighted by Gasteiger charge is 2.19. The van der Waals surface area contributed by atoms with Crippen molar-refractivity contribution in [1.82, 2.24) is 4.98 Å². The standard InChI is InChI=1S/C19H18FN3O4/c1-12-3-5-13(6-4-12)19-22-14(11-27-19)7-8-21-16-10-18(26-2)15(20)9-17(16)23(24)25/h3-6,9-11,21H,7-8H2,1-2H3. The summed E-state index contributed by atoms with van der Waals surface area (Å²) in [5, 5.41) is 14.1. The first-order chi connectivity index (χ1) is 13.0. The summed E-state index contributed by atoms with van der Waals surface area (Å²) in [6.45, 7) is 2.36. The van der Waals surface area contributed by atoms with Crippen molar-refractivity contribution < 1.29 is 18.5 Å². The lowest BCUT2D eigenvalue weighted by Gasteiger charge is -2.09. The van der Waals surface area contributed by atoms with Crippen LogP contribution in [0.2, 0.25) is 0 Å². The van der Waals surface area contributed by atoms with Crippen LogP contribution >= 0.6 is 0 Å². The number of ether oxygens (including phenoxy) is 1. The monoisotopic (exact) mass is 371 g/mol. The molecule has 1 N–H and O–H groups in total. The molecule has 0 unspecified atom stereocenters. The van der Waals surface area contributed by atoms with Gasteiger partial charge in [0.05, 0.1) is 23.8 Å². The van der Waals surface area contributed by atoms with Gasteiger partial charge in [0.15, 0.2) is 11.6 Å². The molecule has 3 aromatic rings. The molecule has 0 aliphatic carbocycles. The van der Waals surface area contributed by atoms with Crippen molar-refractivity contribution in [1.29, 1.82) is 0 Å². The second kappa shape index (κ2) is 7.86. The van der Waals surface area contributed by atoms with Gasteiger partial charge in [-0.15, -0.1) is 0 Å². The van der Waals surface area contributed by atoms with E-state index in [0.29, 0.717) is 24.6 Å². The third-order valence-corrected chi connectivity index (χ3v) is 4.01. The van der Waals surface area contributed by atoms with Crippen LogP contribution in [0, 0.1) is 22.9 Å². The minimum atomic E-state index is -0.783. The van der Waals surface area contributed by atoms with Crippen LogP contribution in [0.1, 0.15) is 11.3 Å². The van der Waals surface area contributed by atoms with E-state index in [9.17, 15) is 14.5 Å². The first-order valence-corrected chi connectivity index (χ1v) is 8.25. The number of methoxy groups -OCH3 is 1. The number of rotatable bonds is 7. The van der Waals surface area contributed by atoms with E-state index in [2.05, 4.69) is 10.3 Å². The lowest BCUT2D eigenvalue weighted by atomic mass is 10.1. The summed E-state index contributed by atoms with van der Waals surface area (Å²) in [7, 11) is 1.30. The molecule has 0 saturated carbocycles. The summed E-state index contributed by atoms with van der Waals surface area (Å²) < 4.78 is 24.1. The van der Waals surface area contributed by atoms with E-state index in [1.807, 2.05) is 31.2 Å². The molecule has 0 amide bonds. The van der Waals surface area contributed by atoms with Gasteiger partial charge in [-0.05, 0) is 19.1 Å². The number of hydrogen-bond acceptors (Lipinski definition) is 6. The Morgan fingerprint density at radius 1 is 1.30 bits per heavy atom. The molecule has 0 aliphatic rings. The summed E-state index contributed by atoms with van der Waals surface area (Å²) in [5.41, 5.74) is 2.55. The van der Waals surface area contributed by atoms with Gasteiger partial charge in [0.25, 0.3) is 5.69 Å². The number of hydrogen-bond donors (Lipinski definition) is 1. The maximum atomic E-state index is 13.7. The molecule has 140 valence electrons. The summed E-state index contributed by atoms with van der Waals surface area (Å²) in [6.07, 6.45) is 2.03. The topological polar surface area (TPSA) is 90.4 Å². The van der Waals surface area contributed by atoms with E-state index in [0.717, 1.165) is 17.2 Å². The highest BCUT2D eigenvalue weighted by Crippen LogP contribution is 2.31. The minimum absolute atomic E-state index is 0.0637. The Morgan fingerprint density at radius 3 is 2.70 bits per heavy atom. The first kappa shape index (κ1) is 18.4. The zero-order chi connectivity index (χ0) is 19.4. The summed E-state index contributed by atoms with van der Waals surface area (Å²) in [6, 6.07) is 9.92. The lowest BCUT2D eigenvalue weighted by molar-refractivity contribution is -0.384. The van der Waals surface area contributed by atoms with Gasteiger partial charge in [-0.25, -0.2) is 9.37 Å². The number of nitro benzene ring substituents is 1. The Hall–Kier alpha value is -3.42.